The van der Waals surface area contributed by atoms with E-state index < -0.39 is 11.5 Å². The highest BCUT2D eigenvalue weighted by Gasteiger charge is 2.30. The number of amides is 2. The van der Waals surface area contributed by atoms with Gasteiger partial charge in [-0.15, -0.1) is 0 Å². The zero-order chi connectivity index (χ0) is 20.4. The summed E-state index contributed by atoms with van der Waals surface area (Å²) in [6.45, 7) is 0.271. The van der Waals surface area contributed by atoms with Gasteiger partial charge in [0.15, 0.2) is 0 Å². The molecular formula is C19H23N5O4. The van der Waals surface area contributed by atoms with Crippen molar-refractivity contribution < 1.29 is 19.5 Å². The molecule has 0 radical (unpaired) electrons. The molecule has 0 saturated carbocycles. The first-order valence-corrected chi connectivity index (χ1v) is 8.76. The summed E-state index contributed by atoms with van der Waals surface area (Å²) in [6.07, 6.45) is 6.63. The second kappa shape index (κ2) is 10.0. The van der Waals surface area contributed by atoms with E-state index in [4.69, 9.17) is 10.9 Å². The summed E-state index contributed by atoms with van der Waals surface area (Å²) >= 11 is 0. The zero-order valence-electron chi connectivity index (χ0n) is 15.3. The Morgan fingerprint density at radius 1 is 1.18 bits per heavy atom. The van der Waals surface area contributed by atoms with Crippen molar-refractivity contribution in [2.75, 3.05) is 11.9 Å². The van der Waals surface area contributed by atoms with Gasteiger partial charge in [-0.05, 0) is 30.2 Å². The number of carbonyl (C=O) groups excluding carboxylic acids is 2. The zero-order valence-corrected chi connectivity index (χ0v) is 15.3. The number of rotatable bonds is 9. The summed E-state index contributed by atoms with van der Waals surface area (Å²) in [7, 11) is 0. The van der Waals surface area contributed by atoms with Crippen LogP contribution in [0.3, 0.4) is 0 Å². The van der Waals surface area contributed by atoms with Gasteiger partial charge in [0.05, 0.1) is 18.3 Å². The molecule has 9 nitrogen and oxygen atoms in total. The van der Waals surface area contributed by atoms with E-state index in [9.17, 15) is 14.4 Å². The molecule has 1 aromatic carbocycles. The van der Waals surface area contributed by atoms with Gasteiger partial charge in [-0.1, -0.05) is 18.2 Å². The van der Waals surface area contributed by atoms with Gasteiger partial charge in [-0.2, -0.15) is 5.10 Å². The Morgan fingerprint density at radius 3 is 2.50 bits per heavy atom. The van der Waals surface area contributed by atoms with E-state index in [1.54, 1.807) is 42.6 Å². The molecule has 0 fully saturated rings. The van der Waals surface area contributed by atoms with Crippen LogP contribution in [0.1, 0.15) is 31.2 Å². The molecule has 148 valence electrons. The van der Waals surface area contributed by atoms with Crippen molar-refractivity contribution in [1.82, 2.24) is 5.32 Å². The Hall–Kier alpha value is -3.49. The van der Waals surface area contributed by atoms with Crippen LogP contribution in [-0.4, -0.2) is 47.4 Å². The smallest absolute Gasteiger partial charge is 0.303 e. The number of anilines is 1. The predicted octanol–water partition coefficient (Wildman–Crippen LogP) is 1.06. The fourth-order valence-corrected chi connectivity index (χ4v) is 2.72. The summed E-state index contributed by atoms with van der Waals surface area (Å²) in [5.74, 6) is 3.50. The third kappa shape index (κ3) is 6.67. The molecule has 9 heteroatoms. The van der Waals surface area contributed by atoms with E-state index in [-0.39, 0.29) is 44.0 Å². The minimum absolute atomic E-state index is 0.000163. The SMILES string of the molecule is NN=Cc1ccc(NC(=O)CCC(=O)NC2(CCC(=O)O)C=CC=NC2)cc1. The molecule has 0 saturated heterocycles. The van der Waals surface area contributed by atoms with Gasteiger partial charge in [-0.3, -0.25) is 19.4 Å². The number of carboxylic acid groups (broad SMARTS) is 1. The van der Waals surface area contributed by atoms with E-state index in [1.165, 1.54) is 6.21 Å². The number of allylic oxidation sites excluding steroid dienone is 1. The molecular weight excluding hydrogens is 362 g/mol. The molecule has 0 aliphatic carbocycles. The lowest BCUT2D eigenvalue weighted by Crippen LogP contribution is -2.50. The molecule has 0 spiro atoms. The van der Waals surface area contributed by atoms with Crippen LogP contribution in [0.15, 0.2) is 46.5 Å². The highest BCUT2D eigenvalue weighted by atomic mass is 16.4. The molecule has 2 rings (SSSR count). The number of carboxylic acids is 1. The van der Waals surface area contributed by atoms with Gasteiger partial charge in [0.2, 0.25) is 11.8 Å². The Balaban J connectivity index is 1.84. The minimum Gasteiger partial charge on any atom is -0.481 e. The lowest BCUT2D eigenvalue weighted by molar-refractivity contribution is -0.137. The maximum absolute atomic E-state index is 12.3. The molecule has 1 heterocycles. The first kappa shape index (κ1) is 20.8. The standard InChI is InChI=1S/C19H23N5O4/c20-22-12-14-2-4-15(5-3-14)23-16(25)6-7-17(26)24-19(10-8-18(27)28)9-1-11-21-13-19/h1-5,9,11-12H,6-8,10,13,20H2,(H,23,25)(H,24,26)(H,27,28). The van der Waals surface area contributed by atoms with Crippen LogP contribution in [0.5, 0.6) is 0 Å². The van der Waals surface area contributed by atoms with Crippen molar-refractivity contribution >= 4 is 35.9 Å². The first-order valence-electron chi connectivity index (χ1n) is 8.76. The number of nitrogens with two attached hydrogens (primary N) is 1. The number of hydrazone groups is 1. The second-order valence-corrected chi connectivity index (χ2v) is 6.40. The van der Waals surface area contributed by atoms with Crippen molar-refractivity contribution in [3.05, 3.63) is 42.0 Å². The first-order chi connectivity index (χ1) is 13.4. The molecule has 0 aromatic heterocycles. The summed E-state index contributed by atoms with van der Waals surface area (Å²) < 4.78 is 0. The lowest BCUT2D eigenvalue weighted by atomic mass is 9.91. The van der Waals surface area contributed by atoms with E-state index in [1.807, 2.05) is 0 Å². The third-order valence-corrected chi connectivity index (χ3v) is 4.15. The summed E-state index contributed by atoms with van der Waals surface area (Å²) in [5, 5.41) is 17.9. The average Bonchev–Trinajstić information content (AvgIpc) is 2.67. The number of dihydropyridines is 1. The number of nitrogens with zero attached hydrogens (tertiary/aromatic N) is 2. The van der Waals surface area contributed by atoms with E-state index >= 15 is 0 Å². The molecule has 1 atom stereocenters. The summed E-state index contributed by atoms with van der Waals surface area (Å²) in [6, 6.07) is 6.92. The highest BCUT2D eigenvalue weighted by molar-refractivity contribution is 5.93. The number of aliphatic imine (C=N–C) groups is 1. The van der Waals surface area contributed by atoms with Crippen molar-refractivity contribution in [3.8, 4) is 0 Å². The molecule has 0 bridgehead atoms. The van der Waals surface area contributed by atoms with Crippen molar-refractivity contribution in [3.63, 3.8) is 0 Å². The van der Waals surface area contributed by atoms with Crippen LogP contribution >= 0.6 is 0 Å². The van der Waals surface area contributed by atoms with Gasteiger partial charge < -0.3 is 21.6 Å². The largest absolute Gasteiger partial charge is 0.481 e. The third-order valence-electron chi connectivity index (χ3n) is 4.15. The van der Waals surface area contributed by atoms with Crippen LogP contribution in [0.2, 0.25) is 0 Å². The Kier molecular flexibility index (Phi) is 7.44. The molecule has 2 amide bonds. The van der Waals surface area contributed by atoms with Crippen LogP contribution in [0.4, 0.5) is 5.69 Å². The molecule has 5 N–H and O–H groups in total. The number of hydrogen-bond acceptors (Lipinski definition) is 6. The fourth-order valence-electron chi connectivity index (χ4n) is 2.72. The Labute approximate surface area is 162 Å². The predicted molar refractivity (Wildman–Crippen MR) is 106 cm³/mol. The van der Waals surface area contributed by atoms with Gasteiger partial charge in [-0.25, -0.2) is 0 Å². The number of carbonyl (C=O) groups is 3. The number of aliphatic carboxylic acids is 1. The Morgan fingerprint density at radius 2 is 1.89 bits per heavy atom. The van der Waals surface area contributed by atoms with Crippen LogP contribution in [0.25, 0.3) is 0 Å². The van der Waals surface area contributed by atoms with Crippen LogP contribution in [0, 0.1) is 0 Å². The van der Waals surface area contributed by atoms with Gasteiger partial charge >= 0.3 is 5.97 Å². The minimum atomic E-state index is -0.945. The molecule has 28 heavy (non-hydrogen) atoms. The molecule has 1 unspecified atom stereocenters. The second-order valence-electron chi connectivity index (χ2n) is 6.40. The topological polar surface area (TPSA) is 146 Å². The maximum Gasteiger partial charge on any atom is 0.303 e. The number of nitrogens with one attached hydrogen (secondary N) is 2. The van der Waals surface area contributed by atoms with Crippen molar-refractivity contribution in [1.29, 1.82) is 0 Å². The van der Waals surface area contributed by atoms with Crippen LogP contribution < -0.4 is 16.5 Å². The van der Waals surface area contributed by atoms with E-state index in [0.29, 0.717) is 5.69 Å². The molecule has 1 aliphatic rings. The quantitative estimate of drug-likeness (QED) is 0.285. The lowest BCUT2D eigenvalue weighted by Gasteiger charge is -2.31. The highest BCUT2D eigenvalue weighted by Crippen LogP contribution is 2.19. The summed E-state index contributed by atoms with van der Waals surface area (Å²) in [5.41, 5.74) is 0.568. The normalized spacial score (nSPS) is 18.1. The fraction of sp³-hybridized carbons (Fsp3) is 0.316. The maximum atomic E-state index is 12.3. The number of hydrogen-bond donors (Lipinski definition) is 4. The van der Waals surface area contributed by atoms with E-state index in [2.05, 4.69) is 20.7 Å². The van der Waals surface area contributed by atoms with Gasteiger partial charge in [0.25, 0.3) is 0 Å². The van der Waals surface area contributed by atoms with E-state index in [0.717, 1.165) is 5.56 Å². The Bertz CT molecular complexity index is 801. The molecule has 1 aliphatic heterocycles. The van der Waals surface area contributed by atoms with Gasteiger partial charge in [0.1, 0.15) is 0 Å². The van der Waals surface area contributed by atoms with Gasteiger partial charge in [0, 0.05) is 31.2 Å². The summed E-state index contributed by atoms with van der Waals surface area (Å²) in [4.78, 5) is 39.3. The average molecular weight is 385 g/mol. The van der Waals surface area contributed by atoms with Crippen LogP contribution in [-0.2, 0) is 14.4 Å². The van der Waals surface area contributed by atoms with Crippen molar-refractivity contribution in [2.45, 2.75) is 31.2 Å². The monoisotopic (exact) mass is 385 g/mol. The van der Waals surface area contributed by atoms with Crippen molar-refractivity contribution in [2.24, 2.45) is 15.9 Å². The number of benzene rings is 1. The molecule has 1 aromatic rings.